The molecular formula is C22H37N3O3S. The minimum atomic E-state index is -3.01. The molecule has 2 bridgehead atoms. The fourth-order valence-corrected chi connectivity index (χ4v) is 6.21. The predicted molar refractivity (Wildman–Crippen MR) is 119 cm³/mol. The summed E-state index contributed by atoms with van der Waals surface area (Å²) < 4.78 is 29.6. The summed E-state index contributed by atoms with van der Waals surface area (Å²) in [5.41, 5.74) is 6.90. The van der Waals surface area contributed by atoms with Gasteiger partial charge in [0.05, 0.1) is 18.1 Å². The highest BCUT2D eigenvalue weighted by atomic mass is 32.2. The molecule has 2 unspecified atom stereocenters. The molecule has 0 radical (unpaired) electrons. The molecule has 2 N–H and O–H groups in total. The quantitative estimate of drug-likeness (QED) is 0.657. The highest BCUT2D eigenvalue weighted by molar-refractivity contribution is 7.91. The lowest BCUT2D eigenvalue weighted by Gasteiger charge is -2.48. The van der Waals surface area contributed by atoms with Crippen molar-refractivity contribution in [2.75, 3.05) is 55.7 Å². The second-order valence-electron chi connectivity index (χ2n) is 9.21. The van der Waals surface area contributed by atoms with Gasteiger partial charge in [0, 0.05) is 37.9 Å². The molecule has 4 rings (SSSR count). The third-order valence-corrected chi connectivity index (χ3v) is 8.10. The van der Waals surface area contributed by atoms with Crippen molar-refractivity contribution in [3.05, 3.63) is 24.3 Å². The average Bonchev–Trinajstić information content (AvgIpc) is 2.88. The van der Waals surface area contributed by atoms with Gasteiger partial charge in [0.15, 0.2) is 9.84 Å². The Labute approximate surface area is 176 Å². The molecule has 0 spiro atoms. The molecule has 0 saturated carbocycles. The number of anilines is 1. The van der Waals surface area contributed by atoms with Crippen LogP contribution in [0, 0.1) is 11.3 Å². The van der Waals surface area contributed by atoms with Crippen molar-refractivity contribution in [2.45, 2.75) is 39.7 Å². The number of hydrogen-bond donors (Lipinski definition) is 1. The topological polar surface area (TPSA) is 75.9 Å². The number of fused-ring (bicyclic) bond motifs is 4. The molecule has 3 aliphatic rings. The predicted octanol–water partition coefficient (Wildman–Crippen LogP) is 2.39. The summed E-state index contributed by atoms with van der Waals surface area (Å²) in [5, 5.41) is 0. The van der Waals surface area contributed by atoms with Crippen LogP contribution >= 0.6 is 0 Å². The number of sulfone groups is 1. The lowest BCUT2D eigenvalue weighted by Crippen LogP contribution is -2.53. The zero-order valence-electron chi connectivity index (χ0n) is 18.1. The first-order chi connectivity index (χ1) is 13.7. The van der Waals surface area contributed by atoms with Gasteiger partial charge in [0.2, 0.25) is 0 Å². The first-order valence-electron chi connectivity index (χ1n) is 10.9. The van der Waals surface area contributed by atoms with Crippen molar-refractivity contribution in [3.8, 4) is 5.75 Å². The second kappa shape index (κ2) is 9.23. The Bertz CT molecular complexity index is 764. The molecule has 0 aliphatic carbocycles. The Morgan fingerprint density at radius 2 is 1.86 bits per heavy atom. The van der Waals surface area contributed by atoms with Gasteiger partial charge >= 0.3 is 0 Å². The summed E-state index contributed by atoms with van der Waals surface area (Å²) in [6.45, 7) is 11.6. The lowest BCUT2D eigenvalue weighted by molar-refractivity contribution is 0.190. The van der Waals surface area contributed by atoms with Crippen LogP contribution in [-0.4, -0.2) is 70.2 Å². The first kappa shape index (κ1) is 22.4. The molecule has 3 fully saturated rings. The van der Waals surface area contributed by atoms with Gasteiger partial charge in [-0.05, 0) is 61.9 Å². The van der Waals surface area contributed by atoms with Crippen LogP contribution in [0.2, 0.25) is 0 Å². The standard InChI is InChI=1S/C22H37N3O3S/c1-4-28-20-8-6-19(7-9-20)25-16-18-14-22(2,3)21(25)17-24(15-18)11-5-12-29(26,27)13-10-23/h6-9,18,21H,4-5,10-17,23H2,1-3H3. The number of piperidine rings is 1. The molecule has 1 aromatic carbocycles. The zero-order chi connectivity index (χ0) is 21.1. The molecule has 0 aromatic heterocycles. The third kappa shape index (κ3) is 5.64. The molecule has 1 aromatic rings. The molecule has 7 heteroatoms. The second-order valence-corrected chi connectivity index (χ2v) is 11.5. The number of benzene rings is 1. The van der Waals surface area contributed by atoms with Gasteiger partial charge in [-0.2, -0.15) is 0 Å². The van der Waals surface area contributed by atoms with E-state index in [4.69, 9.17) is 10.5 Å². The van der Waals surface area contributed by atoms with E-state index in [-0.39, 0.29) is 23.5 Å². The van der Waals surface area contributed by atoms with E-state index < -0.39 is 9.84 Å². The Morgan fingerprint density at radius 1 is 1.14 bits per heavy atom. The summed E-state index contributed by atoms with van der Waals surface area (Å²) in [7, 11) is -3.01. The van der Waals surface area contributed by atoms with Gasteiger partial charge in [-0.3, -0.25) is 0 Å². The van der Waals surface area contributed by atoms with Gasteiger partial charge in [-0.15, -0.1) is 0 Å². The minimum absolute atomic E-state index is 0.0940. The maximum Gasteiger partial charge on any atom is 0.151 e. The Hall–Kier alpha value is -1.31. The van der Waals surface area contributed by atoms with Crippen molar-refractivity contribution >= 4 is 15.5 Å². The van der Waals surface area contributed by atoms with Gasteiger partial charge < -0.3 is 20.3 Å². The van der Waals surface area contributed by atoms with E-state index in [1.165, 1.54) is 12.1 Å². The van der Waals surface area contributed by atoms with Crippen LogP contribution in [-0.2, 0) is 9.84 Å². The van der Waals surface area contributed by atoms with Gasteiger partial charge in [-0.25, -0.2) is 8.42 Å². The van der Waals surface area contributed by atoms with Crippen LogP contribution in [0.25, 0.3) is 0 Å². The van der Waals surface area contributed by atoms with E-state index in [2.05, 4.69) is 47.9 Å². The molecule has 0 amide bonds. The number of hydrogen-bond acceptors (Lipinski definition) is 6. The number of nitrogens with two attached hydrogens (primary N) is 1. The number of nitrogens with zero attached hydrogens (tertiary/aromatic N) is 2. The number of ether oxygens (including phenoxy) is 1. The highest BCUT2D eigenvalue weighted by Crippen LogP contribution is 2.43. The summed E-state index contributed by atoms with van der Waals surface area (Å²) in [6.07, 6.45) is 1.90. The average molecular weight is 424 g/mol. The number of rotatable bonds is 9. The van der Waals surface area contributed by atoms with E-state index in [0.29, 0.717) is 25.0 Å². The van der Waals surface area contributed by atoms with Crippen LogP contribution in [0.4, 0.5) is 5.69 Å². The van der Waals surface area contributed by atoms with Crippen molar-refractivity contribution in [3.63, 3.8) is 0 Å². The Kier molecular flexibility index (Phi) is 7.12. The maximum atomic E-state index is 12.0. The van der Waals surface area contributed by atoms with Crippen LogP contribution in [0.5, 0.6) is 5.75 Å². The van der Waals surface area contributed by atoms with Crippen LogP contribution < -0.4 is 15.4 Å². The van der Waals surface area contributed by atoms with Crippen molar-refractivity contribution in [1.29, 1.82) is 0 Å². The van der Waals surface area contributed by atoms with Crippen LogP contribution in [0.15, 0.2) is 24.3 Å². The molecule has 6 nitrogen and oxygen atoms in total. The lowest BCUT2D eigenvalue weighted by atomic mass is 9.73. The first-order valence-corrected chi connectivity index (χ1v) is 12.7. The smallest absolute Gasteiger partial charge is 0.151 e. The monoisotopic (exact) mass is 423 g/mol. The minimum Gasteiger partial charge on any atom is -0.494 e. The molecule has 2 atom stereocenters. The third-order valence-electron chi connectivity index (χ3n) is 6.33. The van der Waals surface area contributed by atoms with Crippen LogP contribution in [0.3, 0.4) is 0 Å². The zero-order valence-corrected chi connectivity index (χ0v) is 19.0. The fraction of sp³-hybridized carbons (Fsp3) is 0.727. The normalized spacial score (nSPS) is 24.5. The molecular weight excluding hydrogens is 386 g/mol. The largest absolute Gasteiger partial charge is 0.494 e. The van der Waals surface area contributed by atoms with E-state index >= 15 is 0 Å². The summed E-state index contributed by atoms with van der Waals surface area (Å²) >= 11 is 0. The van der Waals surface area contributed by atoms with Crippen molar-refractivity contribution < 1.29 is 13.2 Å². The van der Waals surface area contributed by atoms with E-state index in [0.717, 1.165) is 31.9 Å². The van der Waals surface area contributed by atoms with E-state index in [1.807, 2.05) is 6.92 Å². The molecule has 29 heavy (non-hydrogen) atoms. The van der Waals surface area contributed by atoms with Gasteiger partial charge in [-0.1, -0.05) is 13.8 Å². The molecule has 3 heterocycles. The summed E-state index contributed by atoms with van der Waals surface area (Å²) in [4.78, 5) is 5.05. The maximum absolute atomic E-state index is 12.0. The fourth-order valence-electron chi connectivity index (χ4n) is 5.08. The van der Waals surface area contributed by atoms with Gasteiger partial charge in [0.1, 0.15) is 5.75 Å². The van der Waals surface area contributed by atoms with Crippen molar-refractivity contribution in [2.24, 2.45) is 17.1 Å². The summed E-state index contributed by atoms with van der Waals surface area (Å²) in [6, 6.07) is 8.88. The molecule has 3 saturated heterocycles. The highest BCUT2D eigenvalue weighted by Gasteiger charge is 2.45. The van der Waals surface area contributed by atoms with Crippen molar-refractivity contribution in [1.82, 2.24) is 4.90 Å². The van der Waals surface area contributed by atoms with Crippen LogP contribution in [0.1, 0.15) is 33.6 Å². The molecule has 3 aliphatic heterocycles. The Morgan fingerprint density at radius 3 is 2.52 bits per heavy atom. The summed E-state index contributed by atoms with van der Waals surface area (Å²) in [5.74, 6) is 1.84. The Balaban J connectivity index is 1.69. The SMILES string of the molecule is CCOc1ccc(N2CC3CN(CCCS(=O)(=O)CCN)CC2C(C)(C)C3)cc1. The van der Waals surface area contributed by atoms with E-state index in [9.17, 15) is 8.42 Å². The molecule has 164 valence electrons. The van der Waals surface area contributed by atoms with E-state index in [1.54, 1.807) is 0 Å². The van der Waals surface area contributed by atoms with Gasteiger partial charge in [0.25, 0.3) is 0 Å².